The number of aromatic nitrogens is 1. The van der Waals surface area contributed by atoms with Gasteiger partial charge in [-0.05, 0) is 31.9 Å². The quantitative estimate of drug-likeness (QED) is 0.768. The van der Waals surface area contributed by atoms with Crippen molar-refractivity contribution in [2.24, 2.45) is 5.73 Å². The first-order chi connectivity index (χ1) is 6.61. The van der Waals surface area contributed by atoms with E-state index in [2.05, 4.69) is 24.1 Å². The highest BCUT2D eigenvalue weighted by molar-refractivity contribution is 5.50. The first-order valence-electron chi connectivity index (χ1n) is 5.00. The molecule has 0 aliphatic carbocycles. The summed E-state index contributed by atoms with van der Waals surface area (Å²) in [4.78, 5) is 4.06. The van der Waals surface area contributed by atoms with Crippen LogP contribution in [0.1, 0.15) is 25.8 Å². The minimum absolute atomic E-state index is 0.0217. The van der Waals surface area contributed by atoms with Gasteiger partial charge in [0.1, 0.15) is 0 Å². The van der Waals surface area contributed by atoms with Crippen LogP contribution in [0.3, 0.4) is 0 Å². The number of rotatable bonds is 4. The molecule has 1 heterocycles. The Bertz CT molecular complexity index is 292. The number of nitrogens with two attached hydrogens (primary N) is 1. The molecule has 3 nitrogen and oxygen atoms in total. The molecule has 1 atom stereocenters. The zero-order chi connectivity index (χ0) is 10.6. The topological polar surface area (TPSA) is 50.9 Å². The molecule has 0 bridgehead atoms. The molecule has 0 aromatic carbocycles. The molecule has 3 heteroatoms. The van der Waals surface area contributed by atoms with Gasteiger partial charge in [-0.1, -0.05) is 6.92 Å². The van der Waals surface area contributed by atoms with E-state index in [1.165, 1.54) is 0 Å². The van der Waals surface area contributed by atoms with E-state index in [1.54, 1.807) is 6.20 Å². The molecule has 0 spiro atoms. The van der Waals surface area contributed by atoms with Crippen molar-refractivity contribution in [3.8, 4) is 0 Å². The summed E-state index contributed by atoms with van der Waals surface area (Å²) in [6.45, 7) is 6.94. The summed E-state index contributed by atoms with van der Waals surface area (Å²) in [6.07, 6.45) is 4.65. The number of nitrogens with one attached hydrogen (secondary N) is 1. The highest BCUT2D eigenvalue weighted by atomic mass is 15.0. The molecular formula is C11H19N3. The SMILES string of the molecule is CCC(C)(CN)Nc1ccncc1C. The van der Waals surface area contributed by atoms with Crippen molar-refractivity contribution in [1.82, 2.24) is 4.98 Å². The molecule has 3 N–H and O–H groups in total. The first-order valence-corrected chi connectivity index (χ1v) is 5.00. The Balaban J connectivity index is 2.82. The fourth-order valence-corrected chi connectivity index (χ4v) is 1.22. The number of aryl methyl sites for hydroxylation is 1. The van der Waals surface area contributed by atoms with E-state index >= 15 is 0 Å². The monoisotopic (exact) mass is 193 g/mol. The lowest BCUT2D eigenvalue weighted by Crippen LogP contribution is -2.42. The number of nitrogens with zero attached hydrogens (tertiary/aromatic N) is 1. The van der Waals surface area contributed by atoms with E-state index in [4.69, 9.17) is 5.73 Å². The molecule has 1 unspecified atom stereocenters. The second kappa shape index (κ2) is 4.42. The molecule has 0 fully saturated rings. The number of hydrogen-bond acceptors (Lipinski definition) is 3. The second-order valence-corrected chi connectivity index (χ2v) is 3.93. The highest BCUT2D eigenvalue weighted by Crippen LogP contribution is 2.19. The first kappa shape index (κ1) is 11.0. The summed E-state index contributed by atoms with van der Waals surface area (Å²) in [5, 5.41) is 3.46. The van der Waals surface area contributed by atoms with Gasteiger partial charge in [0.05, 0.1) is 0 Å². The third-order valence-electron chi connectivity index (χ3n) is 2.69. The maximum Gasteiger partial charge on any atom is 0.0465 e. The normalized spacial score (nSPS) is 14.9. The predicted octanol–water partition coefficient (Wildman–Crippen LogP) is 1.93. The summed E-state index contributed by atoms with van der Waals surface area (Å²) in [5.41, 5.74) is 7.99. The van der Waals surface area contributed by atoms with Gasteiger partial charge >= 0.3 is 0 Å². The average molecular weight is 193 g/mol. The molecule has 1 aromatic heterocycles. The molecule has 0 amide bonds. The standard InChI is InChI=1S/C11H19N3/c1-4-11(3,8-12)14-10-5-6-13-7-9(10)2/h5-7H,4,8,12H2,1-3H3,(H,13,14). The third-order valence-corrected chi connectivity index (χ3v) is 2.69. The lowest BCUT2D eigenvalue weighted by Gasteiger charge is -2.29. The maximum absolute atomic E-state index is 5.74. The van der Waals surface area contributed by atoms with Crippen LogP contribution in [0.15, 0.2) is 18.5 Å². The molecule has 0 saturated heterocycles. The maximum atomic E-state index is 5.74. The third kappa shape index (κ3) is 2.45. The molecule has 1 rings (SSSR count). The van der Waals surface area contributed by atoms with Crippen LogP contribution in [-0.2, 0) is 0 Å². The molecule has 78 valence electrons. The van der Waals surface area contributed by atoms with Crippen LogP contribution in [0.5, 0.6) is 0 Å². The summed E-state index contributed by atoms with van der Waals surface area (Å²) in [5.74, 6) is 0. The van der Waals surface area contributed by atoms with Crippen LogP contribution < -0.4 is 11.1 Å². The van der Waals surface area contributed by atoms with Crippen molar-refractivity contribution in [2.45, 2.75) is 32.7 Å². The van der Waals surface area contributed by atoms with Crippen molar-refractivity contribution in [3.05, 3.63) is 24.0 Å². The van der Waals surface area contributed by atoms with E-state index in [9.17, 15) is 0 Å². The molecule has 0 aliphatic heterocycles. The number of hydrogen-bond donors (Lipinski definition) is 2. The van der Waals surface area contributed by atoms with Gasteiger partial charge in [-0.15, -0.1) is 0 Å². The summed E-state index contributed by atoms with van der Waals surface area (Å²) >= 11 is 0. The number of anilines is 1. The van der Waals surface area contributed by atoms with Gasteiger partial charge in [-0.25, -0.2) is 0 Å². The molecule has 0 radical (unpaired) electrons. The highest BCUT2D eigenvalue weighted by Gasteiger charge is 2.19. The lowest BCUT2D eigenvalue weighted by atomic mass is 9.98. The van der Waals surface area contributed by atoms with Crippen LogP contribution >= 0.6 is 0 Å². The zero-order valence-corrected chi connectivity index (χ0v) is 9.17. The van der Waals surface area contributed by atoms with Crippen LogP contribution in [-0.4, -0.2) is 17.1 Å². The van der Waals surface area contributed by atoms with E-state index in [0.29, 0.717) is 6.54 Å². The van der Waals surface area contributed by atoms with Crippen LogP contribution in [0.2, 0.25) is 0 Å². The van der Waals surface area contributed by atoms with Crippen molar-refractivity contribution in [3.63, 3.8) is 0 Å². The predicted molar refractivity (Wildman–Crippen MR) is 60.3 cm³/mol. The Morgan fingerprint density at radius 1 is 1.57 bits per heavy atom. The molecule has 0 saturated carbocycles. The van der Waals surface area contributed by atoms with Crippen molar-refractivity contribution < 1.29 is 0 Å². The van der Waals surface area contributed by atoms with Gasteiger partial charge in [-0.3, -0.25) is 4.98 Å². The second-order valence-electron chi connectivity index (χ2n) is 3.93. The largest absolute Gasteiger partial charge is 0.378 e. The van der Waals surface area contributed by atoms with E-state index in [-0.39, 0.29) is 5.54 Å². The van der Waals surface area contributed by atoms with E-state index < -0.39 is 0 Å². The molecule has 0 aliphatic rings. The fraction of sp³-hybridized carbons (Fsp3) is 0.545. The van der Waals surface area contributed by atoms with Crippen LogP contribution in [0, 0.1) is 6.92 Å². The molecular weight excluding hydrogens is 174 g/mol. The van der Waals surface area contributed by atoms with E-state index in [1.807, 2.05) is 19.2 Å². The average Bonchev–Trinajstić information content (AvgIpc) is 2.21. The molecule has 14 heavy (non-hydrogen) atoms. The Labute approximate surface area is 85.7 Å². The number of pyridine rings is 1. The minimum Gasteiger partial charge on any atom is -0.378 e. The van der Waals surface area contributed by atoms with Crippen molar-refractivity contribution in [2.75, 3.05) is 11.9 Å². The Morgan fingerprint density at radius 3 is 2.79 bits per heavy atom. The van der Waals surface area contributed by atoms with Gasteiger partial charge in [0, 0.05) is 30.2 Å². The zero-order valence-electron chi connectivity index (χ0n) is 9.17. The van der Waals surface area contributed by atoms with Gasteiger partial charge < -0.3 is 11.1 Å². The van der Waals surface area contributed by atoms with Gasteiger partial charge in [-0.2, -0.15) is 0 Å². The van der Waals surface area contributed by atoms with Crippen LogP contribution in [0.25, 0.3) is 0 Å². The molecule has 1 aromatic rings. The van der Waals surface area contributed by atoms with Gasteiger partial charge in [0.25, 0.3) is 0 Å². The van der Waals surface area contributed by atoms with E-state index in [0.717, 1.165) is 17.7 Å². The smallest absolute Gasteiger partial charge is 0.0465 e. The summed E-state index contributed by atoms with van der Waals surface area (Å²) in [7, 11) is 0. The van der Waals surface area contributed by atoms with Gasteiger partial charge in [0.15, 0.2) is 0 Å². The minimum atomic E-state index is -0.0217. The van der Waals surface area contributed by atoms with Crippen LogP contribution in [0.4, 0.5) is 5.69 Å². The summed E-state index contributed by atoms with van der Waals surface area (Å²) in [6, 6.07) is 1.99. The van der Waals surface area contributed by atoms with Crippen molar-refractivity contribution >= 4 is 5.69 Å². The van der Waals surface area contributed by atoms with Gasteiger partial charge in [0.2, 0.25) is 0 Å². The fourth-order valence-electron chi connectivity index (χ4n) is 1.22. The Morgan fingerprint density at radius 2 is 2.29 bits per heavy atom. The van der Waals surface area contributed by atoms with Crippen molar-refractivity contribution in [1.29, 1.82) is 0 Å². The lowest BCUT2D eigenvalue weighted by molar-refractivity contribution is 0.506. The summed E-state index contributed by atoms with van der Waals surface area (Å²) < 4.78 is 0. The Kier molecular flexibility index (Phi) is 3.47. The Hall–Kier alpha value is -1.09.